The number of rotatable bonds is 6. The van der Waals surface area contributed by atoms with Gasteiger partial charge in [-0.3, -0.25) is 0 Å². The summed E-state index contributed by atoms with van der Waals surface area (Å²) in [5, 5.41) is 0.943. The Morgan fingerprint density at radius 1 is 1.31 bits per heavy atom. The zero-order chi connectivity index (χ0) is 12.0. The van der Waals surface area contributed by atoms with E-state index < -0.39 is 0 Å². The molecule has 2 unspecified atom stereocenters. The van der Waals surface area contributed by atoms with Crippen LogP contribution in [-0.4, -0.2) is 18.5 Å². The third-order valence-electron chi connectivity index (χ3n) is 2.72. The van der Waals surface area contributed by atoms with E-state index in [-0.39, 0.29) is 11.9 Å². The van der Waals surface area contributed by atoms with Crippen molar-refractivity contribution in [3.8, 4) is 0 Å². The Hall–Kier alpha value is -0.410. The smallest absolute Gasteiger partial charge is 0.123 e. The summed E-state index contributed by atoms with van der Waals surface area (Å²) >= 11 is 3.52. The van der Waals surface area contributed by atoms with E-state index in [4.69, 9.17) is 4.74 Å². The molecule has 0 aliphatic heterocycles. The van der Waals surface area contributed by atoms with Crippen LogP contribution in [0.3, 0.4) is 0 Å². The number of ether oxygens (including phenoxy) is 1. The molecule has 0 N–H and O–H groups in total. The highest BCUT2D eigenvalue weighted by molar-refractivity contribution is 9.09. The monoisotopic (exact) mass is 288 g/mol. The summed E-state index contributed by atoms with van der Waals surface area (Å²) in [6.07, 6.45) is 2.24. The zero-order valence-electron chi connectivity index (χ0n) is 9.75. The molecule has 0 aliphatic carbocycles. The van der Waals surface area contributed by atoms with Crippen LogP contribution in [0.2, 0.25) is 0 Å². The van der Waals surface area contributed by atoms with Crippen LogP contribution < -0.4 is 0 Å². The van der Waals surface area contributed by atoms with Gasteiger partial charge in [-0.2, -0.15) is 0 Å². The van der Waals surface area contributed by atoms with Gasteiger partial charge in [-0.1, -0.05) is 28.1 Å². The van der Waals surface area contributed by atoms with E-state index in [2.05, 4.69) is 22.9 Å². The molecule has 1 nitrogen and oxygen atoms in total. The van der Waals surface area contributed by atoms with Gasteiger partial charge in [0.05, 0.1) is 6.10 Å². The molecule has 0 saturated carbocycles. The Labute approximate surface area is 105 Å². The van der Waals surface area contributed by atoms with Crippen molar-refractivity contribution in [2.75, 3.05) is 12.4 Å². The van der Waals surface area contributed by atoms with Crippen molar-refractivity contribution in [3.63, 3.8) is 0 Å². The maximum Gasteiger partial charge on any atom is 0.123 e. The number of alkyl halides is 1. The summed E-state index contributed by atoms with van der Waals surface area (Å²) in [7, 11) is 1.73. The number of hydrogen-bond donors (Lipinski definition) is 0. The predicted molar refractivity (Wildman–Crippen MR) is 68.5 cm³/mol. The molecule has 0 saturated heterocycles. The molecule has 90 valence electrons. The van der Waals surface area contributed by atoms with Crippen LogP contribution >= 0.6 is 15.9 Å². The molecule has 16 heavy (non-hydrogen) atoms. The molecule has 0 bridgehead atoms. The van der Waals surface area contributed by atoms with Gasteiger partial charge in [0, 0.05) is 12.4 Å². The second-order valence-corrected chi connectivity index (χ2v) is 4.78. The predicted octanol–water partition coefficient (Wildman–Crippen LogP) is 3.80. The molecule has 0 aromatic heterocycles. The first-order valence-corrected chi connectivity index (χ1v) is 6.61. The summed E-state index contributed by atoms with van der Waals surface area (Å²) in [6, 6.07) is 6.73. The molecule has 0 aliphatic rings. The highest BCUT2D eigenvalue weighted by Crippen LogP contribution is 2.18. The van der Waals surface area contributed by atoms with Gasteiger partial charge >= 0.3 is 0 Å². The van der Waals surface area contributed by atoms with Crippen molar-refractivity contribution in [2.24, 2.45) is 5.92 Å². The lowest BCUT2D eigenvalue weighted by atomic mass is 9.96. The van der Waals surface area contributed by atoms with E-state index in [9.17, 15) is 4.39 Å². The van der Waals surface area contributed by atoms with E-state index in [1.165, 1.54) is 17.7 Å². The van der Waals surface area contributed by atoms with Crippen LogP contribution in [0.15, 0.2) is 24.3 Å². The van der Waals surface area contributed by atoms with Gasteiger partial charge < -0.3 is 4.74 Å². The van der Waals surface area contributed by atoms with Gasteiger partial charge in [-0.15, -0.1) is 0 Å². The number of methoxy groups -OCH3 is 1. The summed E-state index contributed by atoms with van der Waals surface area (Å²) in [5.74, 6) is 0.352. The molecular formula is C13H18BrFO. The maximum absolute atomic E-state index is 12.7. The number of benzene rings is 1. The van der Waals surface area contributed by atoms with Crippen molar-refractivity contribution in [2.45, 2.75) is 25.9 Å². The lowest BCUT2D eigenvalue weighted by molar-refractivity contribution is 0.0981. The molecule has 1 rings (SSSR count). The average molecular weight is 289 g/mol. The minimum atomic E-state index is -0.176. The standard InChI is InChI=1S/C13H18BrFO/c1-10(16-2)7-12(9-14)8-11-3-5-13(15)6-4-11/h3-6,10,12H,7-9H2,1-2H3. The molecule has 0 amide bonds. The zero-order valence-corrected chi connectivity index (χ0v) is 11.3. The fourth-order valence-corrected chi connectivity index (χ4v) is 2.21. The third-order valence-corrected chi connectivity index (χ3v) is 3.64. The average Bonchev–Trinajstić information content (AvgIpc) is 2.30. The molecular weight excluding hydrogens is 271 g/mol. The van der Waals surface area contributed by atoms with E-state index in [1.807, 2.05) is 12.1 Å². The quantitative estimate of drug-likeness (QED) is 0.724. The highest BCUT2D eigenvalue weighted by Gasteiger charge is 2.12. The number of hydrogen-bond acceptors (Lipinski definition) is 1. The molecule has 1 aromatic carbocycles. The maximum atomic E-state index is 12.7. The van der Waals surface area contributed by atoms with Crippen LogP contribution in [-0.2, 0) is 11.2 Å². The summed E-state index contributed by atoms with van der Waals surface area (Å²) in [5.41, 5.74) is 1.18. The highest BCUT2D eigenvalue weighted by atomic mass is 79.9. The summed E-state index contributed by atoms with van der Waals surface area (Å²) < 4.78 is 18.0. The topological polar surface area (TPSA) is 9.23 Å². The minimum Gasteiger partial charge on any atom is -0.382 e. The normalized spacial score (nSPS) is 14.8. The van der Waals surface area contributed by atoms with Gasteiger partial charge in [-0.25, -0.2) is 4.39 Å². The first kappa shape index (κ1) is 13.7. The SMILES string of the molecule is COC(C)CC(CBr)Cc1ccc(F)cc1. The largest absolute Gasteiger partial charge is 0.382 e. The van der Waals surface area contributed by atoms with Crippen molar-refractivity contribution in [1.29, 1.82) is 0 Å². The Kier molecular flexibility index (Phi) is 5.99. The van der Waals surface area contributed by atoms with Crippen molar-refractivity contribution in [3.05, 3.63) is 35.6 Å². The summed E-state index contributed by atoms with van der Waals surface area (Å²) in [6.45, 7) is 2.07. The van der Waals surface area contributed by atoms with Gasteiger partial charge in [-0.05, 0) is 43.4 Å². The van der Waals surface area contributed by atoms with Crippen molar-refractivity contribution < 1.29 is 9.13 Å². The van der Waals surface area contributed by atoms with Crippen LogP contribution in [0.5, 0.6) is 0 Å². The van der Waals surface area contributed by atoms with E-state index in [1.54, 1.807) is 7.11 Å². The van der Waals surface area contributed by atoms with Crippen LogP contribution in [0.4, 0.5) is 4.39 Å². The minimum absolute atomic E-state index is 0.176. The van der Waals surface area contributed by atoms with Gasteiger partial charge in [0.2, 0.25) is 0 Å². The fraction of sp³-hybridized carbons (Fsp3) is 0.538. The molecule has 0 fully saturated rings. The Morgan fingerprint density at radius 2 is 1.94 bits per heavy atom. The van der Waals surface area contributed by atoms with Crippen molar-refractivity contribution >= 4 is 15.9 Å². The second kappa shape index (κ2) is 7.02. The Balaban J connectivity index is 2.52. The Morgan fingerprint density at radius 3 is 2.44 bits per heavy atom. The molecule has 1 aromatic rings. The molecule has 0 spiro atoms. The number of halogens is 2. The molecule has 0 radical (unpaired) electrons. The second-order valence-electron chi connectivity index (χ2n) is 4.13. The van der Waals surface area contributed by atoms with E-state index in [0.717, 1.165) is 18.2 Å². The first-order chi connectivity index (χ1) is 7.65. The van der Waals surface area contributed by atoms with Crippen LogP contribution in [0.1, 0.15) is 18.9 Å². The van der Waals surface area contributed by atoms with Crippen LogP contribution in [0.25, 0.3) is 0 Å². The van der Waals surface area contributed by atoms with Crippen molar-refractivity contribution in [1.82, 2.24) is 0 Å². The lowest BCUT2D eigenvalue weighted by Crippen LogP contribution is -2.15. The Bertz CT molecular complexity index is 299. The summed E-state index contributed by atoms with van der Waals surface area (Å²) in [4.78, 5) is 0. The molecule has 0 heterocycles. The van der Waals surface area contributed by atoms with Crippen LogP contribution in [0, 0.1) is 11.7 Å². The molecule has 3 heteroatoms. The van der Waals surface area contributed by atoms with E-state index in [0.29, 0.717) is 5.92 Å². The lowest BCUT2D eigenvalue weighted by Gasteiger charge is -2.18. The van der Waals surface area contributed by atoms with E-state index >= 15 is 0 Å². The fourth-order valence-electron chi connectivity index (χ4n) is 1.72. The third kappa shape index (κ3) is 4.62. The van der Waals surface area contributed by atoms with Gasteiger partial charge in [0.15, 0.2) is 0 Å². The van der Waals surface area contributed by atoms with Gasteiger partial charge in [0.25, 0.3) is 0 Å². The molecule has 2 atom stereocenters. The van der Waals surface area contributed by atoms with Gasteiger partial charge in [0.1, 0.15) is 5.82 Å². The first-order valence-electron chi connectivity index (χ1n) is 5.49.